The van der Waals surface area contributed by atoms with Gasteiger partial charge in [0.1, 0.15) is 0 Å². The highest BCUT2D eigenvalue weighted by molar-refractivity contribution is 5.85. The summed E-state index contributed by atoms with van der Waals surface area (Å²) in [6, 6.07) is 9.28. The molecule has 2 aliphatic rings. The lowest BCUT2D eigenvalue weighted by molar-refractivity contribution is 0.0705. The molecular weight excluding hydrogens is 254 g/mol. The van der Waals surface area contributed by atoms with Crippen molar-refractivity contribution in [1.82, 2.24) is 4.90 Å². The Balaban J connectivity index is 0.00000133. The molecule has 3 rings (SSSR count). The van der Waals surface area contributed by atoms with E-state index < -0.39 is 0 Å². The number of benzene rings is 1. The lowest BCUT2D eigenvalue weighted by Gasteiger charge is -2.45. The van der Waals surface area contributed by atoms with Crippen LogP contribution in [0.4, 0.5) is 0 Å². The summed E-state index contributed by atoms with van der Waals surface area (Å²) in [6.45, 7) is 4.85. The van der Waals surface area contributed by atoms with E-state index in [2.05, 4.69) is 36.1 Å². The Kier molecular flexibility index (Phi) is 4.92. The highest BCUT2D eigenvalue weighted by Crippen LogP contribution is 2.43. The van der Waals surface area contributed by atoms with E-state index in [4.69, 9.17) is 0 Å². The van der Waals surface area contributed by atoms with Crippen molar-refractivity contribution in [2.45, 2.75) is 57.4 Å². The molecule has 1 aromatic rings. The van der Waals surface area contributed by atoms with Crippen LogP contribution in [0.3, 0.4) is 0 Å². The molecule has 2 heteroatoms. The van der Waals surface area contributed by atoms with Crippen LogP contribution in [0.2, 0.25) is 0 Å². The van der Waals surface area contributed by atoms with Crippen LogP contribution in [0.15, 0.2) is 24.3 Å². The third kappa shape index (κ3) is 2.83. The van der Waals surface area contributed by atoms with Crippen LogP contribution in [-0.2, 0) is 5.54 Å². The van der Waals surface area contributed by atoms with Gasteiger partial charge in [0.05, 0.1) is 0 Å². The number of aryl methyl sites for hydroxylation is 1. The summed E-state index contributed by atoms with van der Waals surface area (Å²) in [4.78, 5) is 2.79. The monoisotopic (exact) mass is 279 g/mol. The third-order valence-electron chi connectivity index (χ3n) is 4.95. The second kappa shape index (κ2) is 6.28. The van der Waals surface area contributed by atoms with Gasteiger partial charge in [-0.15, -0.1) is 12.4 Å². The quantitative estimate of drug-likeness (QED) is 0.760. The van der Waals surface area contributed by atoms with Gasteiger partial charge in [-0.1, -0.05) is 49.1 Å². The van der Waals surface area contributed by atoms with Gasteiger partial charge in [0, 0.05) is 5.54 Å². The minimum Gasteiger partial charge on any atom is -0.294 e. The van der Waals surface area contributed by atoms with Crippen LogP contribution in [0, 0.1) is 6.92 Å². The second-order valence-electron chi connectivity index (χ2n) is 6.16. The summed E-state index contributed by atoms with van der Waals surface area (Å²) >= 11 is 0. The van der Waals surface area contributed by atoms with Crippen molar-refractivity contribution in [3.05, 3.63) is 35.4 Å². The highest BCUT2D eigenvalue weighted by Gasteiger charge is 2.40. The fourth-order valence-corrected chi connectivity index (χ4v) is 4.00. The van der Waals surface area contributed by atoms with Crippen LogP contribution in [-0.4, -0.2) is 18.0 Å². The zero-order valence-corrected chi connectivity index (χ0v) is 12.8. The molecule has 0 unspecified atom stereocenters. The molecule has 106 valence electrons. The van der Waals surface area contributed by atoms with Gasteiger partial charge in [-0.05, 0) is 51.3 Å². The minimum atomic E-state index is 0. The van der Waals surface area contributed by atoms with E-state index in [0.717, 1.165) is 0 Å². The van der Waals surface area contributed by atoms with Crippen LogP contribution in [0.5, 0.6) is 0 Å². The summed E-state index contributed by atoms with van der Waals surface area (Å²) in [6.07, 6.45) is 9.78. The molecule has 19 heavy (non-hydrogen) atoms. The first kappa shape index (κ1) is 14.9. The molecule has 0 bridgehead atoms. The zero-order valence-electron chi connectivity index (χ0n) is 12.0. The second-order valence-corrected chi connectivity index (χ2v) is 6.16. The standard InChI is InChI=1S/C17H25N.ClH/c1-15-8-7-9-16(14-15)17(10-3-2-4-11-17)18-12-5-6-13-18;/h7-9,14H,2-6,10-13H2,1H3;1H. The van der Waals surface area contributed by atoms with Crippen molar-refractivity contribution >= 4 is 12.4 Å². The maximum Gasteiger partial charge on any atom is 0.0460 e. The molecule has 1 heterocycles. The van der Waals surface area contributed by atoms with E-state index >= 15 is 0 Å². The topological polar surface area (TPSA) is 3.24 Å². The maximum atomic E-state index is 2.79. The van der Waals surface area contributed by atoms with Crippen LogP contribution in [0.25, 0.3) is 0 Å². The molecule has 0 radical (unpaired) electrons. The Morgan fingerprint density at radius 2 is 1.63 bits per heavy atom. The Labute approximate surface area is 123 Å². The van der Waals surface area contributed by atoms with Crippen molar-refractivity contribution in [2.24, 2.45) is 0 Å². The van der Waals surface area contributed by atoms with E-state index in [1.165, 1.54) is 63.6 Å². The Hall–Kier alpha value is -0.530. The first-order valence-electron chi connectivity index (χ1n) is 7.63. The molecule has 0 atom stereocenters. The lowest BCUT2D eigenvalue weighted by Crippen LogP contribution is -2.46. The van der Waals surface area contributed by atoms with Gasteiger partial charge in [0.15, 0.2) is 0 Å². The number of hydrogen-bond acceptors (Lipinski definition) is 1. The molecule has 0 aromatic heterocycles. The number of hydrogen-bond donors (Lipinski definition) is 0. The van der Waals surface area contributed by atoms with Gasteiger partial charge in [-0.25, -0.2) is 0 Å². The van der Waals surface area contributed by atoms with E-state index in [1.54, 1.807) is 5.56 Å². The van der Waals surface area contributed by atoms with Crippen LogP contribution < -0.4 is 0 Å². The number of likely N-dealkylation sites (tertiary alicyclic amines) is 1. The molecule has 1 aliphatic carbocycles. The van der Waals surface area contributed by atoms with Crippen molar-refractivity contribution in [3.63, 3.8) is 0 Å². The van der Waals surface area contributed by atoms with E-state index in [9.17, 15) is 0 Å². The first-order valence-corrected chi connectivity index (χ1v) is 7.63. The summed E-state index contributed by atoms with van der Waals surface area (Å²) in [7, 11) is 0. The smallest absolute Gasteiger partial charge is 0.0460 e. The Morgan fingerprint density at radius 3 is 2.26 bits per heavy atom. The number of halogens is 1. The predicted octanol–water partition coefficient (Wildman–Crippen LogP) is 4.67. The largest absolute Gasteiger partial charge is 0.294 e. The maximum absolute atomic E-state index is 2.79. The molecule has 1 saturated carbocycles. The van der Waals surface area contributed by atoms with Crippen LogP contribution >= 0.6 is 12.4 Å². The summed E-state index contributed by atoms with van der Waals surface area (Å²) in [5, 5.41) is 0. The lowest BCUT2D eigenvalue weighted by atomic mass is 9.75. The van der Waals surface area contributed by atoms with Gasteiger partial charge in [0.25, 0.3) is 0 Å². The number of rotatable bonds is 2. The average molecular weight is 280 g/mol. The van der Waals surface area contributed by atoms with Gasteiger partial charge in [-0.2, -0.15) is 0 Å². The van der Waals surface area contributed by atoms with Gasteiger partial charge < -0.3 is 0 Å². The van der Waals surface area contributed by atoms with Crippen molar-refractivity contribution in [3.8, 4) is 0 Å². The highest BCUT2D eigenvalue weighted by atomic mass is 35.5. The summed E-state index contributed by atoms with van der Waals surface area (Å²) in [5.74, 6) is 0. The molecule has 0 N–H and O–H groups in total. The van der Waals surface area contributed by atoms with Crippen LogP contribution in [0.1, 0.15) is 56.1 Å². The molecular formula is C17H26ClN. The summed E-state index contributed by atoms with van der Waals surface area (Å²) < 4.78 is 0. The van der Waals surface area contributed by atoms with Gasteiger partial charge in [-0.3, -0.25) is 4.90 Å². The molecule has 1 saturated heterocycles. The SMILES string of the molecule is Cc1cccc(C2(N3CCCC3)CCCCC2)c1.Cl. The normalized spacial score (nSPS) is 23.0. The predicted molar refractivity (Wildman–Crippen MR) is 84.0 cm³/mol. The molecule has 2 fully saturated rings. The van der Waals surface area contributed by atoms with E-state index in [-0.39, 0.29) is 12.4 Å². The first-order chi connectivity index (χ1) is 8.81. The van der Waals surface area contributed by atoms with E-state index in [0.29, 0.717) is 5.54 Å². The average Bonchev–Trinajstić information content (AvgIpc) is 2.94. The third-order valence-corrected chi connectivity index (χ3v) is 4.95. The zero-order chi connectivity index (χ0) is 12.4. The Bertz CT molecular complexity index is 403. The van der Waals surface area contributed by atoms with Crippen molar-refractivity contribution in [2.75, 3.05) is 13.1 Å². The molecule has 0 amide bonds. The Morgan fingerprint density at radius 1 is 0.947 bits per heavy atom. The molecule has 1 aliphatic heterocycles. The number of nitrogens with zero attached hydrogens (tertiary/aromatic N) is 1. The van der Waals surface area contributed by atoms with Crippen molar-refractivity contribution < 1.29 is 0 Å². The molecule has 1 aromatic carbocycles. The van der Waals surface area contributed by atoms with E-state index in [1.807, 2.05) is 0 Å². The summed E-state index contributed by atoms with van der Waals surface area (Å²) in [5.41, 5.74) is 3.38. The fourth-order valence-electron chi connectivity index (χ4n) is 4.00. The molecule has 0 spiro atoms. The minimum absolute atomic E-state index is 0. The van der Waals surface area contributed by atoms with Gasteiger partial charge in [0.2, 0.25) is 0 Å². The fraction of sp³-hybridized carbons (Fsp3) is 0.647. The van der Waals surface area contributed by atoms with Crippen molar-refractivity contribution in [1.29, 1.82) is 0 Å². The van der Waals surface area contributed by atoms with Gasteiger partial charge >= 0.3 is 0 Å². The molecule has 1 nitrogen and oxygen atoms in total.